The second kappa shape index (κ2) is 7.03. The van der Waals surface area contributed by atoms with E-state index >= 15 is 0 Å². The van der Waals surface area contributed by atoms with E-state index < -0.39 is 6.29 Å². The van der Waals surface area contributed by atoms with Crippen molar-refractivity contribution < 1.29 is 18.9 Å². The molecule has 4 heteroatoms. The smallest absolute Gasteiger partial charge is 0.183 e. The molecule has 0 bridgehead atoms. The number of allylic oxidation sites excluding steroid dienone is 1. The number of rotatable bonds is 7. The first-order chi connectivity index (χ1) is 8.73. The standard InChI is InChI=1S/C14H20O4/c1-6-7-10-11(14(17-4)18-5)8-9-12(15-2)13(10)16-3/h6,8-9,14H,1,7H2,2-5H3. The van der Waals surface area contributed by atoms with Gasteiger partial charge in [-0.25, -0.2) is 0 Å². The third-order valence-electron chi connectivity index (χ3n) is 2.72. The van der Waals surface area contributed by atoms with Crippen LogP contribution in [-0.4, -0.2) is 28.4 Å². The molecule has 0 radical (unpaired) electrons. The van der Waals surface area contributed by atoms with E-state index in [1.807, 2.05) is 18.2 Å². The Labute approximate surface area is 108 Å². The minimum absolute atomic E-state index is 0.431. The van der Waals surface area contributed by atoms with Crippen LogP contribution in [0.5, 0.6) is 11.5 Å². The van der Waals surface area contributed by atoms with Gasteiger partial charge in [0, 0.05) is 25.3 Å². The van der Waals surface area contributed by atoms with Crippen LogP contribution in [0.2, 0.25) is 0 Å². The maximum atomic E-state index is 5.42. The van der Waals surface area contributed by atoms with Gasteiger partial charge in [-0.2, -0.15) is 0 Å². The van der Waals surface area contributed by atoms with Crippen LogP contribution >= 0.6 is 0 Å². The average Bonchev–Trinajstić information content (AvgIpc) is 2.41. The minimum Gasteiger partial charge on any atom is -0.493 e. The van der Waals surface area contributed by atoms with Crippen molar-refractivity contribution in [3.63, 3.8) is 0 Å². The fourth-order valence-corrected chi connectivity index (χ4v) is 1.93. The van der Waals surface area contributed by atoms with Crippen molar-refractivity contribution in [1.82, 2.24) is 0 Å². The van der Waals surface area contributed by atoms with E-state index in [1.165, 1.54) is 0 Å². The fourth-order valence-electron chi connectivity index (χ4n) is 1.93. The molecular weight excluding hydrogens is 232 g/mol. The van der Waals surface area contributed by atoms with Crippen LogP contribution < -0.4 is 9.47 Å². The molecule has 18 heavy (non-hydrogen) atoms. The molecule has 0 fully saturated rings. The molecule has 0 spiro atoms. The Hall–Kier alpha value is -1.52. The molecule has 0 amide bonds. The molecule has 0 aliphatic heterocycles. The Morgan fingerprint density at radius 2 is 1.78 bits per heavy atom. The van der Waals surface area contributed by atoms with Gasteiger partial charge in [0.25, 0.3) is 0 Å². The molecule has 0 heterocycles. The van der Waals surface area contributed by atoms with Crippen molar-refractivity contribution in [3.05, 3.63) is 35.9 Å². The van der Waals surface area contributed by atoms with Crippen LogP contribution in [0.1, 0.15) is 17.4 Å². The second-order valence-corrected chi connectivity index (χ2v) is 3.66. The van der Waals surface area contributed by atoms with Gasteiger partial charge in [0.15, 0.2) is 17.8 Å². The van der Waals surface area contributed by atoms with Gasteiger partial charge >= 0.3 is 0 Å². The monoisotopic (exact) mass is 252 g/mol. The predicted octanol–water partition coefficient (Wildman–Crippen LogP) is 2.72. The highest BCUT2D eigenvalue weighted by molar-refractivity contribution is 5.52. The van der Waals surface area contributed by atoms with Crippen LogP contribution in [0, 0.1) is 0 Å². The normalized spacial score (nSPS) is 10.5. The van der Waals surface area contributed by atoms with Crippen molar-refractivity contribution in [1.29, 1.82) is 0 Å². The van der Waals surface area contributed by atoms with Gasteiger partial charge in [-0.3, -0.25) is 0 Å². The number of methoxy groups -OCH3 is 4. The van der Waals surface area contributed by atoms with E-state index in [9.17, 15) is 0 Å². The molecule has 1 aromatic rings. The Kier molecular flexibility index (Phi) is 5.68. The van der Waals surface area contributed by atoms with E-state index in [0.717, 1.165) is 11.1 Å². The first kappa shape index (κ1) is 14.5. The van der Waals surface area contributed by atoms with Crippen molar-refractivity contribution in [2.45, 2.75) is 12.7 Å². The molecular formula is C14H20O4. The topological polar surface area (TPSA) is 36.9 Å². The summed E-state index contributed by atoms with van der Waals surface area (Å²) in [6, 6.07) is 3.75. The van der Waals surface area contributed by atoms with Gasteiger partial charge in [0.1, 0.15) is 0 Å². The lowest BCUT2D eigenvalue weighted by Gasteiger charge is -2.20. The molecule has 1 aromatic carbocycles. The summed E-state index contributed by atoms with van der Waals surface area (Å²) in [6.07, 6.45) is 2.03. The zero-order valence-corrected chi connectivity index (χ0v) is 11.4. The van der Waals surface area contributed by atoms with Crippen LogP contribution in [0.15, 0.2) is 24.8 Å². The third kappa shape index (κ3) is 2.83. The molecule has 1 rings (SSSR count). The van der Waals surface area contributed by atoms with Crippen molar-refractivity contribution >= 4 is 0 Å². The summed E-state index contributed by atoms with van der Waals surface area (Å²) >= 11 is 0. The quantitative estimate of drug-likeness (QED) is 0.552. The van der Waals surface area contributed by atoms with Gasteiger partial charge in [-0.05, 0) is 18.6 Å². The fraction of sp³-hybridized carbons (Fsp3) is 0.429. The third-order valence-corrected chi connectivity index (χ3v) is 2.72. The maximum absolute atomic E-state index is 5.42. The molecule has 0 saturated carbocycles. The summed E-state index contributed by atoms with van der Waals surface area (Å²) < 4.78 is 21.3. The largest absolute Gasteiger partial charge is 0.493 e. The molecule has 0 atom stereocenters. The predicted molar refractivity (Wildman–Crippen MR) is 70.2 cm³/mol. The van der Waals surface area contributed by atoms with Gasteiger partial charge in [0.05, 0.1) is 14.2 Å². The van der Waals surface area contributed by atoms with E-state index in [0.29, 0.717) is 17.9 Å². The first-order valence-corrected chi connectivity index (χ1v) is 5.63. The summed E-state index contributed by atoms with van der Waals surface area (Å²) in [7, 11) is 6.42. The lowest BCUT2D eigenvalue weighted by molar-refractivity contribution is -0.106. The number of hydrogen-bond donors (Lipinski definition) is 0. The van der Waals surface area contributed by atoms with Crippen molar-refractivity contribution in [3.8, 4) is 11.5 Å². The van der Waals surface area contributed by atoms with Crippen molar-refractivity contribution in [2.24, 2.45) is 0 Å². The summed E-state index contributed by atoms with van der Waals surface area (Å²) in [5.41, 5.74) is 1.87. The molecule has 0 saturated heterocycles. The highest BCUT2D eigenvalue weighted by atomic mass is 16.7. The van der Waals surface area contributed by atoms with Gasteiger partial charge in [-0.1, -0.05) is 6.08 Å². The van der Waals surface area contributed by atoms with Crippen LogP contribution in [-0.2, 0) is 15.9 Å². The first-order valence-electron chi connectivity index (χ1n) is 5.63. The summed E-state index contributed by atoms with van der Waals surface area (Å²) in [6.45, 7) is 3.76. The zero-order valence-electron chi connectivity index (χ0n) is 11.4. The van der Waals surface area contributed by atoms with Gasteiger partial charge in [0.2, 0.25) is 0 Å². The molecule has 100 valence electrons. The summed E-state index contributed by atoms with van der Waals surface area (Å²) in [5, 5.41) is 0. The van der Waals surface area contributed by atoms with Gasteiger partial charge < -0.3 is 18.9 Å². The molecule has 0 N–H and O–H groups in total. The van der Waals surface area contributed by atoms with Crippen LogP contribution in [0.3, 0.4) is 0 Å². The number of ether oxygens (including phenoxy) is 4. The van der Waals surface area contributed by atoms with E-state index in [2.05, 4.69) is 6.58 Å². The molecule has 0 aliphatic rings. The SMILES string of the molecule is C=CCc1c(C(OC)OC)ccc(OC)c1OC. The minimum atomic E-state index is -0.431. The van der Waals surface area contributed by atoms with E-state index in [4.69, 9.17) is 18.9 Å². The molecule has 0 aliphatic carbocycles. The van der Waals surface area contributed by atoms with Gasteiger partial charge in [-0.15, -0.1) is 6.58 Å². The highest BCUT2D eigenvalue weighted by Crippen LogP contribution is 2.37. The Balaban J connectivity index is 3.37. The van der Waals surface area contributed by atoms with Crippen molar-refractivity contribution in [2.75, 3.05) is 28.4 Å². The second-order valence-electron chi connectivity index (χ2n) is 3.66. The number of benzene rings is 1. The average molecular weight is 252 g/mol. The van der Waals surface area contributed by atoms with Crippen LogP contribution in [0.4, 0.5) is 0 Å². The lowest BCUT2D eigenvalue weighted by Crippen LogP contribution is -2.09. The zero-order chi connectivity index (χ0) is 13.5. The van der Waals surface area contributed by atoms with Crippen LogP contribution in [0.25, 0.3) is 0 Å². The van der Waals surface area contributed by atoms with E-state index in [1.54, 1.807) is 28.4 Å². The number of hydrogen-bond acceptors (Lipinski definition) is 4. The Morgan fingerprint density at radius 1 is 1.11 bits per heavy atom. The lowest BCUT2D eigenvalue weighted by atomic mass is 10.0. The Morgan fingerprint density at radius 3 is 2.22 bits per heavy atom. The summed E-state index contributed by atoms with van der Waals surface area (Å²) in [4.78, 5) is 0. The molecule has 4 nitrogen and oxygen atoms in total. The van der Waals surface area contributed by atoms with E-state index in [-0.39, 0.29) is 0 Å². The highest BCUT2D eigenvalue weighted by Gasteiger charge is 2.19. The molecule has 0 aromatic heterocycles. The Bertz CT molecular complexity index is 397. The summed E-state index contributed by atoms with van der Waals surface area (Å²) in [5.74, 6) is 1.37. The maximum Gasteiger partial charge on any atom is 0.183 e. The molecule has 0 unspecified atom stereocenters.